The highest BCUT2D eigenvalue weighted by atomic mass is 19.1. The minimum atomic E-state index is -0.826. The molecule has 0 fully saturated rings. The van der Waals surface area contributed by atoms with Crippen molar-refractivity contribution in [2.75, 3.05) is 0 Å². The van der Waals surface area contributed by atoms with Crippen molar-refractivity contribution >= 4 is 0 Å². The molecule has 0 amide bonds. The number of benzene rings is 1. The van der Waals surface area contributed by atoms with Crippen LogP contribution in [0.2, 0.25) is 0 Å². The largest absolute Gasteiger partial charge is 0.384 e. The van der Waals surface area contributed by atoms with E-state index < -0.39 is 5.60 Å². The van der Waals surface area contributed by atoms with Gasteiger partial charge < -0.3 is 5.11 Å². The maximum atomic E-state index is 12.9. The molecule has 1 unspecified atom stereocenters. The van der Waals surface area contributed by atoms with E-state index in [4.69, 9.17) is 0 Å². The normalized spacial score (nSPS) is 27.4. The van der Waals surface area contributed by atoms with Gasteiger partial charge in [-0.15, -0.1) is 0 Å². The Kier molecular flexibility index (Phi) is 2.40. The molecular formula is C15H15FO. The summed E-state index contributed by atoms with van der Waals surface area (Å²) in [6, 6.07) is 6.22. The molecule has 0 saturated heterocycles. The molecule has 1 N–H and O–H groups in total. The fraction of sp³-hybridized carbons (Fsp3) is 0.333. The van der Waals surface area contributed by atoms with Gasteiger partial charge in [-0.3, -0.25) is 0 Å². The first kappa shape index (κ1) is 10.7. The van der Waals surface area contributed by atoms with Crippen LogP contribution in [0.15, 0.2) is 47.6 Å². The number of allylic oxidation sites excluding steroid dienone is 2. The lowest BCUT2D eigenvalue weighted by Crippen LogP contribution is -2.22. The molecule has 17 heavy (non-hydrogen) atoms. The second kappa shape index (κ2) is 3.81. The predicted octanol–water partition coefficient (Wildman–Crippen LogP) is 3.45. The third kappa shape index (κ3) is 1.83. The molecule has 1 aromatic rings. The average molecular weight is 230 g/mol. The molecule has 0 saturated carbocycles. The highest BCUT2D eigenvalue weighted by Gasteiger charge is 2.37. The first-order valence-corrected chi connectivity index (χ1v) is 6.03. The molecule has 1 nitrogen and oxygen atoms in total. The molecule has 0 aromatic heterocycles. The van der Waals surface area contributed by atoms with Crippen LogP contribution in [0, 0.1) is 5.82 Å². The van der Waals surface area contributed by atoms with Crippen LogP contribution in [0.25, 0.3) is 0 Å². The summed E-state index contributed by atoms with van der Waals surface area (Å²) in [6.45, 7) is 0. The van der Waals surface area contributed by atoms with Crippen molar-refractivity contribution in [1.29, 1.82) is 0 Å². The molecule has 2 aliphatic carbocycles. The minimum absolute atomic E-state index is 0.257. The van der Waals surface area contributed by atoms with E-state index >= 15 is 0 Å². The molecule has 1 aromatic carbocycles. The summed E-state index contributed by atoms with van der Waals surface area (Å²) in [7, 11) is 0. The Morgan fingerprint density at radius 3 is 2.59 bits per heavy atom. The van der Waals surface area contributed by atoms with Crippen molar-refractivity contribution in [3.8, 4) is 0 Å². The van der Waals surface area contributed by atoms with Gasteiger partial charge in [0.1, 0.15) is 5.82 Å². The van der Waals surface area contributed by atoms with Crippen LogP contribution in [0.3, 0.4) is 0 Å². The highest BCUT2D eigenvalue weighted by molar-refractivity contribution is 5.41. The molecular weight excluding hydrogens is 215 g/mol. The quantitative estimate of drug-likeness (QED) is 0.783. The first-order valence-electron chi connectivity index (χ1n) is 6.03. The summed E-state index contributed by atoms with van der Waals surface area (Å²) in [5.41, 5.74) is 2.62. The molecule has 0 spiro atoms. The number of aliphatic hydroxyl groups is 1. The smallest absolute Gasteiger partial charge is 0.123 e. The van der Waals surface area contributed by atoms with Gasteiger partial charge in [0, 0.05) is 12.8 Å². The molecule has 0 aliphatic heterocycles. The van der Waals surface area contributed by atoms with E-state index in [2.05, 4.69) is 12.2 Å². The summed E-state index contributed by atoms with van der Waals surface area (Å²) in [5, 5.41) is 10.7. The number of hydrogen-bond donors (Lipinski definition) is 1. The Morgan fingerprint density at radius 1 is 1.12 bits per heavy atom. The molecule has 1 atom stereocenters. The van der Waals surface area contributed by atoms with Gasteiger partial charge in [0.2, 0.25) is 0 Å². The monoisotopic (exact) mass is 230 g/mol. The van der Waals surface area contributed by atoms with Crippen molar-refractivity contribution < 1.29 is 9.50 Å². The first-order chi connectivity index (χ1) is 8.17. The summed E-state index contributed by atoms with van der Waals surface area (Å²) in [4.78, 5) is 0. The van der Waals surface area contributed by atoms with Gasteiger partial charge in [0.05, 0.1) is 5.60 Å². The topological polar surface area (TPSA) is 20.2 Å². The van der Waals surface area contributed by atoms with Gasteiger partial charge in [-0.05, 0) is 36.1 Å². The van der Waals surface area contributed by atoms with Crippen LogP contribution in [0.5, 0.6) is 0 Å². The Labute approximate surface area is 100 Å². The third-order valence-corrected chi connectivity index (χ3v) is 3.76. The van der Waals surface area contributed by atoms with E-state index in [1.165, 1.54) is 23.3 Å². The van der Waals surface area contributed by atoms with Crippen LogP contribution in [-0.2, 0) is 5.60 Å². The van der Waals surface area contributed by atoms with Crippen LogP contribution in [0.1, 0.15) is 31.2 Å². The Hall–Kier alpha value is -1.41. The van der Waals surface area contributed by atoms with E-state index in [1.54, 1.807) is 12.1 Å². The zero-order valence-corrected chi connectivity index (χ0v) is 9.62. The van der Waals surface area contributed by atoms with Crippen molar-refractivity contribution in [3.63, 3.8) is 0 Å². The van der Waals surface area contributed by atoms with Gasteiger partial charge in [0.15, 0.2) is 0 Å². The Balaban J connectivity index is 1.90. The van der Waals surface area contributed by atoms with Gasteiger partial charge in [-0.25, -0.2) is 4.39 Å². The molecule has 0 heterocycles. The number of rotatable bonds is 1. The minimum Gasteiger partial charge on any atom is -0.384 e. The van der Waals surface area contributed by atoms with Gasteiger partial charge in [-0.2, -0.15) is 0 Å². The third-order valence-electron chi connectivity index (χ3n) is 3.76. The predicted molar refractivity (Wildman–Crippen MR) is 64.9 cm³/mol. The van der Waals surface area contributed by atoms with Crippen molar-refractivity contribution in [2.45, 2.75) is 31.3 Å². The summed E-state index contributed by atoms with van der Waals surface area (Å²) in [5.74, 6) is -0.257. The van der Waals surface area contributed by atoms with Crippen LogP contribution < -0.4 is 0 Å². The SMILES string of the molecule is OC1(c2ccc(F)cc2)CC2=C(CCC=C2)C1. The fourth-order valence-electron chi connectivity index (χ4n) is 2.84. The maximum Gasteiger partial charge on any atom is 0.123 e. The average Bonchev–Trinajstić information content (AvgIpc) is 2.67. The lowest BCUT2D eigenvalue weighted by molar-refractivity contribution is 0.0477. The second-order valence-electron chi connectivity index (χ2n) is 4.96. The summed E-state index contributed by atoms with van der Waals surface area (Å²) in [6.07, 6.45) is 7.76. The van der Waals surface area contributed by atoms with E-state index in [0.717, 1.165) is 18.4 Å². The van der Waals surface area contributed by atoms with Gasteiger partial charge in [-0.1, -0.05) is 29.9 Å². The maximum absolute atomic E-state index is 12.9. The van der Waals surface area contributed by atoms with Gasteiger partial charge >= 0.3 is 0 Å². The molecule has 0 bridgehead atoms. The Morgan fingerprint density at radius 2 is 1.88 bits per heavy atom. The molecule has 2 aliphatic rings. The zero-order valence-electron chi connectivity index (χ0n) is 9.62. The molecule has 0 radical (unpaired) electrons. The van der Waals surface area contributed by atoms with E-state index in [9.17, 15) is 9.50 Å². The van der Waals surface area contributed by atoms with E-state index in [1.807, 2.05) is 0 Å². The van der Waals surface area contributed by atoms with Crippen LogP contribution in [0.4, 0.5) is 4.39 Å². The molecule has 88 valence electrons. The fourth-order valence-corrected chi connectivity index (χ4v) is 2.84. The lowest BCUT2D eigenvalue weighted by atomic mass is 9.89. The standard InChI is InChI=1S/C15H15FO/c16-14-7-5-13(6-8-14)15(17)9-11-3-1-2-4-12(11)10-15/h1,3,5-8,17H,2,4,9-10H2. The molecule has 2 heteroatoms. The van der Waals surface area contributed by atoms with Crippen molar-refractivity contribution in [3.05, 3.63) is 58.9 Å². The summed E-state index contributed by atoms with van der Waals surface area (Å²) >= 11 is 0. The van der Waals surface area contributed by atoms with Gasteiger partial charge in [0.25, 0.3) is 0 Å². The van der Waals surface area contributed by atoms with Crippen molar-refractivity contribution in [2.24, 2.45) is 0 Å². The number of halogens is 1. The van der Waals surface area contributed by atoms with Crippen LogP contribution in [-0.4, -0.2) is 5.11 Å². The van der Waals surface area contributed by atoms with Crippen molar-refractivity contribution in [1.82, 2.24) is 0 Å². The van der Waals surface area contributed by atoms with E-state index in [-0.39, 0.29) is 5.82 Å². The lowest BCUT2D eigenvalue weighted by Gasteiger charge is -2.23. The Bertz CT molecular complexity index is 498. The number of hydrogen-bond acceptors (Lipinski definition) is 1. The zero-order chi connectivity index (χ0) is 11.9. The highest BCUT2D eigenvalue weighted by Crippen LogP contribution is 2.45. The summed E-state index contributed by atoms with van der Waals surface area (Å²) < 4.78 is 12.9. The van der Waals surface area contributed by atoms with E-state index in [0.29, 0.717) is 12.8 Å². The second-order valence-corrected chi connectivity index (χ2v) is 4.96. The molecule has 3 rings (SSSR count). The van der Waals surface area contributed by atoms with Crippen LogP contribution >= 0.6 is 0 Å².